The molecule has 0 fully saturated rings. The number of halogens is 2. The van der Waals surface area contributed by atoms with E-state index in [0.717, 1.165) is 0 Å². The smallest absolute Gasteiger partial charge is 0.147 e. The lowest BCUT2D eigenvalue weighted by Crippen LogP contribution is -2.03. The number of benzene rings is 1. The van der Waals surface area contributed by atoms with Crippen molar-refractivity contribution in [2.45, 2.75) is 6.61 Å². The molecule has 0 unspecified atom stereocenters. The molecule has 0 radical (unpaired) electrons. The lowest BCUT2D eigenvalue weighted by Gasteiger charge is -2.06. The van der Waals surface area contributed by atoms with Gasteiger partial charge in [0, 0.05) is 7.05 Å². The first-order valence-corrected chi connectivity index (χ1v) is 5.09. The highest BCUT2D eigenvalue weighted by Gasteiger charge is 2.04. The molecular weight excluding hydrogens is 231 g/mol. The van der Waals surface area contributed by atoms with Crippen LogP contribution in [0.15, 0.2) is 30.5 Å². The van der Waals surface area contributed by atoms with Crippen molar-refractivity contribution in [3.8, 4) is 5.75 Å². The first kappa shape index (κ1) is 11.0. The van der Waals surface area contributed by atoms with Gasteiger partial charge in [-0.2, -0.15) is 0 Å². The van der Waals surface area contributed by atoms with Crippen molar-refractivity contribution in [1.29, 1.82) is 0 Å². The van der Waals surface area contributed by atoms with Gasteiger partial charge in [-0.1, -0.05) is 11.6 Å². The largest absolute Gasteiger partial charge is 0.486 e. The Kier molecular flexibility index (Phi) is 3.10. The average Bonchev–Trinajstić information content (AvgIpc) is 2.60. The molecule has 84 valence electrons. The minimum Gasteiger partial charge on any atom is -0.486 e. The second kappa shape index (κ2) is 4.53. The molecule has 2 aromatic rings. The maximum Gasteiger partial charge on any atom is 0.147 e. The second-order valence-electron chi connectivity index (χ2n) is 3.30. The van der Waals surface area contributed by atoms with Gasteiger partial charge in [0.05, 0.1) is 6.20 Å². The Morgan fingerprint density at radius 2 is 2.06 bits per heavy atom. The van der Waals surface area contributed by atoms with E-state index >= 15 is 0 Å². The summed E-state index contributed by atoms with van der Waals surface area (Å²) in [5, 5.41) is 0.553. The van der Waals surface area contributed by atoms with Crippen molar-refractivity contribution in [3.05, 3.63) is 47.3 Å². The van der Waals surface area contributed by atoms with Crippen LogP contribution in [0.2, 0.25) is 5.15 Å². The first-order chi connectivity index (χ1) is 7.66. The van der Waals surface area contributed by atoms with Gasteiger partial charge < -0.3 is 9.30 Å². The summed E-state index contributed by atoms with van der Waals surface area (Å²) in [5.74, 6) is 1.03. The number of rotatable bonds is 3. The molecule has 5 heteroatoms. The predicted octanol–water partition coefficient (Wildman–Crippen LogP) is 2.79. The second-order valence-corrected chi connectivity index (χ2v) is 3.69. The van der Waals surface area contributed by atoms with Crippen LogP contribution in [-0.4, -0.2) is 9.55 Å². The molecule has 0 aliphatic heterocycles. The Labute approximate surface area is 97.4 Å². The monoisotopic (exact) mass is 240 g/mol. The van der Waals surface area contributed by atoms with Crippen molar-refractivity contribution in [1.82, 2.24) is 9.55 Å². The lowest BCUT2D eigenvalue weighted by molar-refractivity contribution is 0.291. The molecule has 0 saturated heterocycles. The third-order valence-corrected chi connectivity index (χ3v) is 2.56. The van der Waals surface area contributed by atoms with E-state index in [1.165, 1.54) is 12.1 Å². The van der Waals surface area contributed by atoms with Gasteiger partial charge in [0.25, 0.3) is 0 Å². The normalized spacial score (nSPS) is 10.4. The fourth-order valence-electron chi connectivity index (χ4n) is 1.24. The quantitative estimate of drug-likeness (QED) is 0.825. The Bertz CT molecular complexity index is 481. The highest BCUT2D eigenvalue weighted by atomic mass is 35.5. The van der Waals surface area contributed by atoms with Crippen molar-refractivity contribution in [2.75, 3.05) is 0 Å². The third-order valence-electron chi connectivity index (χ3n) is 2.21. The van der Waals surface area contributed by atoms with Gasteiger partial charge in [-0.15, -0.1) is 0 Å². The van der Waals surface area contributed by atoms with Gasteiger partial charge in [-0.25, -0.2) is 9.37 Å². The van der Waals surface area contributed by atoms with Crippen LogP contribution < -0.4 is 4.74 Å². The Balaban J connectivity index is 2.02. The summed E-state index contributed by atoms with van der Waals surface area (Å²) in [5.41, 5.74) is 0. The van der Waals surface area contributed by atoms with Crippen molar-refractivity contribution >= 4 is 11.6 Å². The van der Waals surface area contributed by atoms with Crippen LogP contribution in [0, 0.1) is 5.82 Å². The number of hydrogen-bond acceptors (Lipinski definition) is 2. The summed E-state index contributed by atoms with van der Waals surface area (Å²) in [7, 11) is 1.80. The zero-order chi connectivity index (χ0) is 11.5. The summed E-state index contributed by atoms with van der Waals surface area (Å²) in [6.45, 7) is 0.300. The molecule has 0 N–H and O–H groups in total. The fourth-order valence-corrected chi connectivity index (χ4v) is 1.38. The number of aromatic nitrogens is 2. The highest BCUT2D eigenvalue weighted by Crippen LogP contribution is 2.14. The minimum absolute atomic E-state index is 0.285. The SMILES string of the molecule is Cn1c(Cl)cnc1COc1ccc(F)cc1. The molecule has 2 rings (SSSR count). The van der Waals surface area contributed by atoms with Crippen molar-refractivity contribution < 1.29 is 9.13 Å². The highest BCUT2D eigenvalue weighted by molar-refractivity contribution is 6.29. The zero-order valence-electron chi connectivity index (χ0n) is 8.65. The van der Waals surface area contributed by atoms with Gasteiger partial charge in [0.2, 0.25) is 0 Å². The van der Waals surface area contributed by atoms with E-state index in [1.807, 2.05) is 0 Å². The van der Waals surface area contributed by atoms with E-state index in [9.17, 15) is 4.39 Å². The maximum absolute atomic E-state index is 12.6. The van der Waals surface area contributed by atoms with Crippen LogP contribution in [0.1, 0.15) is 5.82 Å². The minimum atomic E-state index is -0.285. The Morgan fingerprint density at radius 3 is 2.62 bits per heavy atom. The van der Waals surface area contributed by atoms with Gasteiger partial charge in [-0.05, 0) is 24.3 Å². The molecule has 0 aliphatic rings. The molecule has 0 aliphatic carbocycles. The summed E-state index contributed by atoms with van der Waals surface area (Å²) < 4.78 is 19.8. The number of nitrogens with zero attached hydrogens (tertiary/aromatic N) is 2. The summed E-state index contributed by atoms with van der Waals surface area (Å²) >= 11 is 5.83. The molecule has 1 heterocycles. The van der Waals surface area contributed by atoms with E-state index in [2.05, 4.69) is 4.98 Å². The van der Waals surface area contributed by atoms with Gasteiger partial charge in [0.1, 0.15) is 29.2 Å². The first-order valence-electron chi connectivity index (χ1n) is 4.71. The number of hydrogen-bond donors (Lipinski definition) is 0. The van der Waals surface area contributed by atoms with Crippen LogP contribution >= 0.6 is 11.6 Å². The molecule has 1 aromatic heterocycles. The van der Waals surface area contributed by atoms with Gasteiger partial charge in [0.15, 0.2) is 0 Å². The van der Waals surface area contributed by atoms with Gasteiger partial charge in [-0.3, -0.25) is 0 Å². The number of ether oxygens (including phenoxy) is 1. The Hall–Kier alpha value is -1.55. The van der Waals surface area contributed by atoms with E-state index in [-0.39, 0.29) is 5.82 Å². The molecule has 0 bridgehead atoms. The molecule has 0 amide bonds. The molecule has 1 aromatic carbocycles. The fraction of sp³-hybridized carbons (Fsp3) is 0.182. The average molecular weight is 241 g/mol. The molecule has 3 nitrogen and oxygen atoms in total. The van der Waals surface area contributed by atoms with E-state index in [0.29, 0.717) is 23.3 Å². The van der Waals surface area contributed by atoms with E-state index < -0.39 is 0 Å². The van der Waals surface area contributed by atoms with E-state index in [4.69, 9.17) is 16.3 Å². The van der Waals surface area contributed by atoms with Crippen LogP contribution in [0.4, 0.5) is 4.39 Å². The van der Waals surface area contributed by atoms with Crippen molar-refractivity contribution in [2.24, 2.45) is 7.05 Å². The molecule has 0 atom stereocenters. The standard InChI is InChI=1S/C11H10ClFN2O/c1-15-10(12)6-14-11(15)7-16-9-4-2-8(13)3-5-9/h2-6H,7H2,1H3. The van der Waals surface area contributed by atoms with Crippen molar-refractivity contribution in [3.63, 3.8) is 0 Å². The van der Waals surface area contributed by atoms with Crippen LogP contribution in [-0.2, 0) is 13.7 Å². The summed E-state index contributed by atoms with van der Waals surface area (Å²) in [4.78, 5) is 4.08. The lowest BCUT2D eigenvalue weighted by atomic mass is 10.3. The molecule has 0 saturated carbocycles. The molecular formula is C11H10ClFN2O. The van der Waals surface area contributed by atoms with Crippen LogP contribution in [0.3, 0.4) is 0 Å². The number of imidazole rings is 1. The molecule has 16 heavy (non-hydrogen) atoms. The molecule has 0 spiro atoms. The van der Waals surface area contributed by atoms with Crippen LogP contribution in [0.25, 0.3) is 0 Å². The maximum atomic E-state index is 12.6. The Morgan fingerprint density at radius 1 is 1.38 bits per heavy atom. The van der Waals surface area contributed by atoms with Gasteiger partial charge >= 0.3 is 0 Å². The summed E-state index contributed by atoms with van der Waals surface area (Å²) in [6, 6.07) is 5.83. The van der Waals surface area contributed by atoms with Crippen LogP contribution in [0.5, 0.6) is 5.75 Å². The topological polar surface area (TPSA) is 27.1 Å². The zero-order valence-corrected chi connectivity index (χ0v) is 9.41. The van der Waals surface area contributed by atoms with E-state index in [1.54, 1.807) is 29.9 Å². The predicted molar refractivity (Wildman–Crippen MR) is 59.0 cm³/mol. The summed E-state index contributed by atoms with van der Waals surface area (Å²) in [6.07, 6.45) is 1.56. The third kappa shape index (κ3) is 2.33.